The topological polar surface area (TPSA) is 40.5 Å². The maximum Gasteiger partial charge on any atom is 0.307 e. The van der Waals surface area contributed by atoms with Gasteiger partial charge in [-0.25, -0.2) is 0 Å². The molecule has 1 aromatic carbocycles. The van der Waals surface area contributed by atoms with Crippen LogP contribution in [0.2, 0.25) is 0 Å². The van der Waals surface area contributed by atoms with Crippen molar-refractivity contribution < 1.29 is 9.90 Å². The van der Waals surface area contributed by atoms with Gasteiger partial charge in [-0.1, -0.05) is 43.7 Å². The average molecular weight is 261 g/mol. The highest BCUT2D eigenvalue weighted by molar-refractivity contribution is 5.70. The lowest BCUT2D eigenvalue weighted by molar-refractivity contribution is -0.144. The molecule has 1 aliphatic rings. The number of carboxylic acid groups (broad SMARTS) is 1. The Kier molecular flexibility index (Phi) is 4.97. The van der Waals surface area contributed by atoms with Gasteiger partial charge in [-0.05, 0) is 31.4 Å². The second-order valence-electron chi connectivity index (χ2n) is 5.39. The number of hydrogen-bond donors (Lipinski definition) is 1. The van der Waals surface area contributed by atoms with Crippen LogP contribution in [-0.4, -0.2) is 29.1 Å². The van der Waals surface area contributed by atoms with Crippen molar-refractivity contribution in [2.24, 2.45) is 5.92 Å². The molecular weight excluding hydrogens is 238 g/mol. The molecule has 0 aliphatic carbocycles. The van der Waals surface area contributed by atoms with E-state index in [4.69, 9.17) is 0 Å². The molecule has 104 valence electrons. The predicted octanol–water partition coefficient (Wildman–Crippen LogP) is 3.32. The van der Waals surface area contributed by atoms with Crippen molar-refractivity contribution in [2.45, 2.75) is 38.6 Å². The third-order valence-electron chi connectivity index (χ3n) is 3.99. The van der Waals surface area contributed by atoms with E-state index in [9.17, 15) is 9.90 Å². The van der Waals surface area contributed by atoms with Gasteiger partial charge in [-0.15, -0.1) is 0 Å². The van der Waals surface area contributed by atoms with Crippen LogP contribution in [0.15, 0.2) is 30.3 Å². The van der Waals surface area contributed by atoms with Gasteiger partial charge in [-0.2, -0.15) is 0 Å². The van der Waals surface area contributed by atoms with Crippen molar-refractivity contribution in [3.63, 3.8) is 0 Å². The van der Waals surface area contributed by atoms with Crippen LogP contribution in [0.3, 0.4) is 0 Å². The first-order valence-corrected chi connectivity index (χ1v) is 7.24. The Hall–Kier alpha value is -1.35. The molecule has 1 aliphatic heterocycles. The van der Waals surface area contributed by atoms with Crippen LogP contribution in [-0.2, 0) is 4.79 Å². The third-order valence-corrected chi connectivity index (χ3v) is 3.99. The molecule has 1 fully saturated rings. The monoisotopic (exact) mass is 261 g/mol. The van der Waals surface area contributed by atoms with Crippen LogP contribution >= 0.6 is 0 Å². The summed E-state index contributed by atoms with van der Waals surface area (Å²) in [5.41, 5.74) is 1.32. The molecule has 3 heteroatoms. The summed E-state index contributed by atoms with van der Waals surface area (Å²) in [6, 6.07) is 10.8. The number of benzene rings is 1. The van der Waals surface area contributed by atoms with E-state index in [2.05, 4.69) is 36.1 Å². The Morgan fingerprint density at radius 2 is 2.16 bits per heavy atom. The highest BCUT2D eigenvalue weighted by Crippen LogP contribution is 2.30. The lowest BCUT2D eigenvalue weighted by Gasteiger charge is -2.37. The summed E-state index contributed by atoms with van der Waals surface area (Å²) in [6.07, 6.45) is 4.02. The van der Waals surface area contributed by atoms with E-state index < -0.39 is 5.97 Å². The number of piperidine rings is 1. The molecule has 0 radical (unpaired) electrons. The number of rotatable bonds is 5. The number of aliphatic carboxylic acids is 1. The summed E-state index contributed by atoms with van der Waals surface area (Å²) < 4.78 is 0. The Bertz CT molecular complexity index is 404. The number of likely N-dealkylation sites (tertiary alicyclic amines) is 1. The molecule has 2 rings (SSSR count). The molecule has 1 saturated heterocycles. The van der Waals surface area contributed by atoms with Gasteiger partial charge < -0.3 is 5.11 Å². The van der Waals surface area contributed by atoms with Crippen molar-refractivity contribution >= 4 is 5.97 Å². The summed E-state index contributed by atoms with van der Waals surface area (Å²) in [7, 11) is 0. The zero-order valence-electron chi connectivity index (χ0n) is 11.6. The van der Waals surface area contributed by atoms with Gasteiger partial charge in [0.05, 0.1) is 5.92 Å². The SMILES string of the molecule is CCCC(c1ccccc1)N1CCCC(C(=O)O)C1. The van der Waals surface area contributed by atoms with Crippen molar-refractivity contribution in [3.8, 4) is 0 Å². The minimum absolute atomic E-state index is 0.197. The first kappa shape index (κ1) is 14.1. The second kappa shape index (κ2) is 6.71. The molecule has 0 saturated carbocycles. The van der Waals surface area contributed by atoms with Gasteiger partial charge in [0.1, 0.15) is 0 Å². The molecule has 2 unspecified atom stereocenters. The highest BCUT2D eigenvalue weighted by atomic mass is 16.4. The summed E-state index contributed by atoms with van der Waals surface area (Å²) in [5.74, 6) is -0.843. The van der Waals surface area contributed by atoms with Crippen LogP contribution in [0.4, 0.5) is 0 Å². The van der Waals surface area contributed by atoms with E-state index in [1.807, 2.05) is 6.07 Å². The summed E-state index contributed by atoms with van der Waals surface area (Å²) in [5, 5.41) is 9.21. The standard InChI is InChI=1S/C16H23NO2/c1-2-7-15(13-8-4-3-5-9-13)17-11-6-10-14(12-17)16(18)19/h3-5,8-9,14-15H,2,6-7,10-12H2,1H3,(H,18,19). The number of nitrogens with zero attached hydrogens (tertiary/aromatic N) is 1. The molecule has 2 atom stereocenters. The predicted molar refractivity (Wildman–Crippen MR) is 76.0 cm³/mol. The first-order valence-electron chi connectivity index (χ1n) is 7.24. The molecule has 19 heavy (non-hydrogen) atoms. The number of carbonyl (C=O) groups is 1. The van der Waals surface area contributed by atoms with Gasteiger partial charge >= 0.3 is 5.97 Å². The molecule has 1 heterocycles. The fourth-order valence-electron chi connectivity index (χ4n) is 3.00. The van der Waals surface area contributed by atoms with Crippen LogP contribution < -0.4 is 0 Å². The van der Waals surface area contributed by atoms with E-state index >= 15 is 0 Å². The largest absolute Gasteiger partial charge is 0.481 e. The molecule has 1 N–H and O–H groups in total. The van der Waals surface area contributed by atoms with E-state index in [1.165, 1.54) is 5.56 Å². The normalized spacial score (nSPS) is 22.1. The van der Waals surface area contributed by atoms with Crippen LogP contribution in [0, 0.1) is 5.92 Å². The Balaban J connectivity index is 2.12. The lowest BCUT2D eigenvalue weighted by atomic mass is 9.93. The third kappa shape index (κ3) is 3.57. The minimum atomic E-state index is -0.645. The average Bonchev–Trinajstić information content (AvgIpc) is 2.46. The van der Waals surface area contributed by atoms with Gasteiger partial charge in [0.15, 0.2) is 0 Å². The van der Waals surface area contributed by atoms with E-state index in [0.717, 1.165) is 32.2 Å². The molecule has 0 amide bonds. The summed E-state index contributed by atoms with van der Waals surface area (Å²) in [4.78, 5) is 13.6. The Morgan fingerprint density at radius 3 is 2.79 bits per heavy atom. The molecule has 1 aromatic rings. The number of hydrogen-bond acceptors (Lipinski definition) is 2. The summed E-state index contributed by atoms with van der Waals surface area (Å²) >= 11 is 0. The highest BCUT2D eigenvalue weighted by Gasteiger charge is 2.29. The van der Waals surface area contributed by atoms with Crippen molar-refractivity contribution in [2.75, 3.05) is 13.1 Å². The zero-order chi connectivity index (χ0) is 13.7. The van der Waals surface area contributed by atoms with E-state index in [0.29, 0.717) is 12.6 Å². The number of carboxylic acids is 1. The van der Waals surface area contributed by atoms with Gasteiger partial charge in [0.2, 0.25) is 0 Å². The Labute approximate surface area is 115 Å². The van der Waals surface area contributed by atoms with Crippen LogP contribution in [0.5, 0.6) is 0 Å². The fourth-order valence-corrected chi connectivity index (χ4v) is 3.00. The minimum Gasteiger partial charge on any atom is -0.481 e. The smallest absolute Gasteiger partial charge is 0.307 e. The second-order valence-corrected chi connectivity index (χ2v) is 5.39. The fraction of sp³-hybridized carbons (Fsp3) is 0.562. The van der Waals surface area contributed by atoms with Crippen molar-refractivity contribution in [3.05, 3.63) is 35.9 Å². The summed E-state index contributed by atoms with van der Waals surface area (Å²) in [6.45, 7) is 3.90. The maximum absolute atomic E-state index is 11.2. The van der Waals surface area contributed by atoms with Crippen molar-refractivity contribution in [1.29, 1.82) is 0 Å². The molecule has 3 nitrogen and oxygen atoms in total. The molecule has 0 aromatic heterocycles. The molecular formula is C16H23NO2. The maximum atomic E-state index is 11.2. The van der Waals surface area contributed by atoms with Gasteiger partial charge in [0, 0.05) is 12.6 Å². The zero-order valence-corrected chi connectivity index (χ0v) is 11.6. The lowest BCUT2D eigenvalue weighted by Crippen LogP contribution is -2.40. The van der Waals surface area contributed by atoms with Crippen LogP contribution in [0.25, 0.3) is 0 Å². The van der Waals surface area contributed by atoms with Gasteiger partial charge in [-0.3, -0.25) is 9.69 Å². The Morgan fingerprint density at radius 1 is 1.42 bits per heavy atom. The molecule has 0 bridgehead atoms. The molecule has 0 spiro atoms. The first-order chi connectivity index (χ1) is 9.22. The van der Waals surface area contributed by atoms with Gasteiger partial charge in [0.25, 0.3) is 0 Å². The quantitative estimate of drug-likeness (QED) is 0.884. The van der Waals surface area contributed by atoms with E-state index in [-0.39, 0.29) is 5.92 Å². The van der Waals surface area contributed by atoms with Crippen molar-refractivity contribution in [1.82, 2.24) is 4.90 Å². The van der Waals surface area contributed by atoms with Crippen LogP contribution in [0.1, 0.15) is 44.2 Å². The van der Waals surface area contributed by atoms with E-state index in [1.54, 1.807) is 0 Å².